The van der Waals surface area contributed by atoms with Crippen molar-refractivity contribution in [3.8, 4) is 5.75 Å². The van der Waals surface area contributed by atoms with Crippen LogP contribution in [0.15, 0.2) is 54.1 Å². The second kappa shape index (κ2) is 12.4. The smallest absolute Gasteiger partial charge is 0.337 e. The molecule has 38 heavy (non-hydrogen) atoms. The summed E-state index contributed by atoms with van der Waals surface area (Å²) in [6.45, 7) is 0.134. The largest absolute Gasteiger partial charge is 0.497 e. The summed E-state index contributed by atoms with van der Waals surface area (Å²) in [6.07, 6.45) is 11.1. The Balaban J connectivity index is 1.93. The Kier molecular flexibility index (Phi) is 8.84. The highest BCUT2D eigenvalue weighted by atomic mass is 16.5. The number of nitrogens with one attached hydrogen (secondary N) is 1. The lowest BCUT2D eigenvalue weighted by molar-refractivity contribution is -0.119. The van der Waals surface area contributed by atoms with E-state index in [1.165, 1.54) is 26.4 Å². The average Bonchev–Trinajstić information content (AvgIpc) is 2.94. The van der Waals surface area contributed by atoms with E-state index in [2.05, 4.69) is 11.4 Å². The Morgan fingerprint density at radius 3 is 2.61 bits per heavy atom. The molecule has 2 aliphatic rings. The SMILES string of the molecule is COC(=O)c1ccc(N)c(N2C/C(C(=O)NCC=O)=C\Cc3cc(OC)ccc3/C2=C\C2CCCCC2)c1. The van der Waals surface area contributed by atoms with Gasteiger partial charge in [-0.2, -0.15) is 0 Å². The van der Waals surface area contributed by atoms with Crippen LogP contribution in [-0.2, 0) is 20.7 Å². The van der Waals surface area contributed by atoms with Crippen molar-refractivity contribution in [1.82, 2.24) is 5.32 Å². The molecule has 0 spiro atoms. The number of allylic oxidation sites excluding steroid dienone is 2. The molecule has 1 aliphatic heterocycles. The molecule has 2 aromatic rings. The van der Waals surface area contributed by atoms with Crippen molar-refractivity contribution in [1.29, 1.82) is 0 Å². The highest BCUT2D eigenvalue weighted by molar-refractivity contribution is 5.99. The topological polar surface area (TPSA) is 111 Å². The van der Waals surface area contributed by atoms with Gasteiger partial charge in [0.1, 0.15) is 12.0 Å². The second-order valence-corrected chi connectivity index (χ2v) is 9.63. The summed E-state index contributed by atoms with van der Waals surface area (Å²) in [5, 5.41) is 2.67. The van der Waals surface area contributed by atoms with Crippen LogP contribution in [0, 0.1) is 5.92 Å². The summed E-state index contributed by atoms with van der Waals surface area (Å²) < 4.78 is 10.5. The van der Waals surface area contributed by atoms with Crippen molar-refractivity contribution < 1.29 is 23.9 Å². The van der Waals surface area contributed by atoms with E-state index < -0.39 is 5.97 Å². The van der Waals surface area contributed by atoms with E-state index in [0.29, 0.717) is 41.1 Å². The van der Waals surface area contributed by atoms with Gasteiger partial charge in [0.25, 0.3) is 0 Å². The summed E-state index contributed by atoms with van der Waals surface area (Å²) in [4.78, 5) is 38.5. The minimum Gasteiger partial charge on any atom is -0.497 e. The van der Waals surface area contributed by atoms with Gasteiger partial charge in [-0.3, -0.25) is 4.79 Å². The number of esters is 1. The van der Waals surface area contributed by atoms with Crippen molar-refractivity contribution in [2.75, 3.05) is 37.9 Å². The maximum Gasteiger partial charge on any atom is 0.337 e. The van der Waals surface area contributed by atoms with Crippen molar-refractivity contribution in [2.24, 2.45) is 5.92 Å². The van der Waals surface area contributed by atoms with Crippen LogP contribution >= 0.6 is 0 Å². The van der Waals surface area contributed by atoms with Gasteiger partial charge in [-0.05, 0) is 67.1 Å². The zero-order chi connectivity index (χ0) is 27.1. The van der Waals surface area contributed by atoms with Crippen molar-refractivity contribution in [3.63, 3.8) is 0 Å². The number of hydrogen-bond acceptors (Lipinski definition) is 7. The summed E-state index contributed by atoms with van der Waals surface area (Å²) in [6, 6.07) is 11.0. The van der Waals surface area contributed by atoms with Gasteiger partial charge in [0.2, 0.25) is 5.91 Å². The van der Waals surface area contributed by atoms with Gasteiger partial charge in [-0.15, -0.1) is 0 Å². The molecule has 8 nitrogen and oxygen atoms in total. The molecule has 0 aromatic heterocycles. The molecule has 0 radical (unpaired) electrons. The number of nitrogens with two attached hydrogens (primary N) is 1. The Labute approximate surface area is 223 Å². The normalized spacial score (nSPS) is 18.4. The standard InChI is InChI=1S/C30H35N3O5/c1-37-24-11-12-25-21(17-24)8-9-23(29(35)32-14-15-34)19-33(27(25)16-20-6-4-3-5-7-20)28-18-22(30(36)38-2)10-13-26(28)31/h9-13,15-18,20H,3-8,14,19,31H2,1-2H3,(H,32,35)/b23-9+,27-16+. The Morgan fingerprint density at radius 2 is 1.89 bits per heavy atom. The van der Waals surface area contributed by atoms with E-state index in [4.69, 9.17) is 15.2 Å². The molecule has 0 unspecified atom stereocenters. The minimum atomic E-state index is -0.472. The van der Waals surface area contributed by atoms with E-state index in [-0.39, 0.29) is 19.0 Å². The third kappa shape index (κ3) is 6.07. The van der Waals surface area contributed by atoms with E-state index >= 15 is 0 Å². The first-order chi connectivity index (χ1) is 18.4. The number of carbonyl (C=O) groups excluding carboxylic acids is 3. The molecule has 4 rings (SSSR count). The number of ether oxygens (including phenoxy) is 2. The van der Waals surface area contributed by atoms with E-state index in [0.717, 1.165) is 35.4 Å². The van der Waals surface area contributed by atoms with Crippen LogP contribution in [0.1, 0.15) is 53.6 Å². The van der Waals surface area contributed by atoms with Gasteiger partial charge in [0.15, 0.2) is 0 Å². The summed E-state index contributed by atoms with van der Waals surface area (Å²) in [5.41, 5.74) is 11.4. The third-order valence-corrected chi connectivity index (χ3v) is 7.20. The lowest BCUT2D eigenvalue weighted by atomic mass is 9.86. The number of nitrogens with zero attached hydrogens (tertiary/aromatic N) is 1. The van der Waals surface area contributed by atoms with Gasteiger partial charge in [0.05, 0.1) is 44.2 Å². The number of fused-ring (bicyclic) bond motifs is 1. The molecule has 8 heteroatoms. The fourth-order valence-corrected chi connectivity index (χ4v) is 5.17. The molecule has 1 fully saturated rings. The van der Waals surface area contributed by atoms with Gasteiger partial charge < -0.3 is 30.2 Å². The highest BCUT2D eigenvalue weighted by Crippen LogP contribution is 2.39. The number of hydrogen-bond donors (Lipinski definition) is 2. The average molecular weight is 518 g/mol. The van der Waals surface area contributed by atoms with Gasteiger partial charge >= 0.3 is 5.97 Å². The Hall–Kier alpha value is -4.07. The first kappa shape index (κ1) is 27.0. The van der Waals surface area contributed by atoms with Crippen LogP contribution in [0.3, 0.4) is 0 Å². The number of amides is 1. The quantitative estimate of drug-likeness (QED) is 0.320. The fraction of sp³-hybridized carbons (Fsp3) is 0.367. The van der Waals surface area contributed by atoms with Gasteiger partial charge in [-0.1, -0.05) is 31.4 Å². The molecule has 2 aromatic carbocycles. The van der Waals surface area contributed by atoms with Crippen LogP contribution in [0.2, 0.25) is 0 Å². The molecule has 1 heterocycles. The fourth-order valence-electron chi connectivity index (χ4n) is 5.17. The molecule has 200 valence electrons. The molecule has 1 saturated carbocycles. The summed E-state index contributed by atoms with van der Waals surface area (Å²) in [7, 11) is 2.97. The first-order valence-corrected chi connectivity index (χ1v) is 13.0. The van der Waals surface area contributed by atoms with Crippen LogP contribution in [0.25, 0.3) is 5.70 Å². The van der Waals surface area contributed by atoms with Crippen LogP contribution < -0.4 is 20.7 Å². The number of rotatable bonds is 7. The summed E-state index contributed by atoms with van der Waals surface area (Å²) >= 11 is 0. The Bertz CT molecular complexity index is 1260. The Morgan fingerprint density at radius 1 is 1.11 bits per heavy atom. The van der Waals surface area contributed by atoms with E-state index in [1.807, 2.05) is 29.2 Å². The summed E-state index contributed by atoms with van der Waals surface area (Å²) in [5.74, 6) is 0.297. The molecule has 0 saturated heterocycles. The first-order valence-electron chi connectivity index (χ1n) is 13.0. The van der Waals surface area contributed by atoms with Gasteiger partial charge in [0, 0.05) is 16.8 Å². The number of nitrogen functional groups attached to an aromatic ring is 1. The zero-order valence-corrected chi connectivity index (χ0v) is 22.0. The number of carbonyl (C=O) groups is 3. The predicted octanol–water partition coefficient (Wildman–Crippen LogP) is 4.29. The minimum absolute atomic E-state index is 0.0781. The monoisotopic (exact) mass is 517 g/mol. The van der Waals surface area contributed by atoms with Crippen molar-refractivity contribution in [2.45, 2.75) is 38.5 Å². The molecular formula is C30H35N3O5. The van der Waals surface area contributed by atoms with Crippen LogP contribution in [-0.4, -0.2) is 45.5 Å². The molecule has 0 bridgehead atoms. The molecule has 0 atom stereocenters. The third-order valence-electron chi connectivity index (χ3n) is 7.20. The number of benzene rings is 2. The van der Waals surface area contributed by atoms with Crippen molar-refractivity contribution in [3.05, 3.63) is 70.8 Å². The lowest BCUT2D eigenvalue weighted by Gasteiger charge is -2.34. The predicted molar refractivity (Wildman–Crippen MR) is 148 cm³/mol. The van der Waals surface area contributed by atoms with E-state index in [9.17, 15) is 14.4 Å². The number of aldehydes is 1. The molecule has 1 aliphatic carbocycles. The van der Waals surface area contributed by atoms with E-state index in [1.54, 1.807) is 25.3 Å². The number of anilines is 2. The van der Waals surface area contributed by atoms with Crippen LogP contribution in [0.4, 0.5) is 11.4 Å². The van der Waals surface area contributed by atoms with Gasteiger partial charge in [-0.25, -0.2) is 4.79 Å². The maximum absolute atomic E-state index is 13.1. The lowest BCUT2D eigenvalue weighted by Crippen LogP contribution is -2.35. The van der Waals surface area contributed by atoms with Crippen LogP contribution in [0.5, 0.6) is 5.75 Å². The molecule has 3 N–H and O–H groups in total. The number of methoxy groups -OCH3 is 2. The maximum atomic E-state index is 13.1. The molecular weight excluding hydrogens is 482 g/mol. The molecule has 1 amide bonds. The zero-order valence-electron chi connectivity index (χ0n) is 22.0. The highest BCUT2D eigenvalue weighted by Gasteiger charge is 2.27. The second-order valence-electron chi connectivity index (χ2n) is 9.63. The van der Waals surface area contributed by atoms with Crippen molar-refractivity contribution >= 4 is 35.2 Å².